The molecule has 0 fully saturated rings. The van der Waals surface area contributed by atoms with Crippen LogP contribution >= 0.6 is 12.4 Å². The number of nitrogens with one attached hydrogen (secondary N) is 1. The first-order valence-electron chi connectivity index (χ1n) is 6.32. The first kappa shape index (κ1) is 15.8. The van der Waals surface area contributed by atoms with Crippen LogP contribution in [0, 0.1) is 5.92 Å². The van der Waals surface area contributed by atoms with E-state index in [0.29, 0.717) is 6.61 Å². The fraction of sp³-hybridized carbons (Fsp3) is 0.500. The SMILES string of the molecule is CNCCN(C)C(=O)C1COc2ccccc2C1.Cl. The highest BCUT2D eigenvalue weighted by atomic mass is 35.5. The second-order valence-corrected chi connectivity index (χ2v) is 4.68. The number of carbonyl (C=O) groups excluding carboxylic acids is 1. The molecule has 0 radical (unpaired) electrons. The third-order valence-corrected chi connectivity index (χ3v) is 3.30. The van der Waals surface area contributed by atoms with Gasteiger partial charge in [0.2, 0.25) is 5.91 Å². The maximum absolute atomic E-state index is 12.2. The van der Waals surface area contributed by atoms with Crippen molar-refractivity contribution in [1.82, 2.24) is 10.2 Å². The number of hydrogen-bond donors (Lipinski definition) is 1. The average molecular weight is 285 g/mol. The van der Waals surface area contributed by atoms with Gasteiger partial charge in [0.05, 0.1) is 5.92 Å². The summed E-state index contributed by atoms with van der Waals surface area (Å²) in [4.78, 5) is 14.0. The highest BCUT2D eigenvalue weighted by Gasteiger charge is 2.27. The standard InChI is InChI=1S/C14H20N2O2.ClH/c1-15-7-8-16(2)14(17)12-9-11-5-3-4-6-13(11)18-10-12;/h3-6,12,15H,7-10H2,1-2H3;1H. The lowest BCUT2D eigenvalue weighted by Crippen LogP contribution is -2.41. The lowest BCUT2D eigenvalue weighted by Gasteiger charge is -2.28. The summed E-state index contributed by atoms with van der Waals surface area (Å²) in [6.45, 7) is 2.03. The normalized spacial score (nSPS) is 16.8. The molecule has 0 saturated heterocycles. The number of likely N-dealkylation sites (N-methyl/N-ethyl adjacent to an activating group) is 2. The molecule has 2 rings (SSSR count). The Morgan fingerprint density at radius 3 is 2.95 bits per heavy atom. The van der Waals surface area contributed by atoms with E-state index in [1.165, 1.54) is 0 Å². The number of rotatable bonds is 4. The van der Waals surface area contributed by atoms with Crippen molar-refractivity contribution in [2.75, 3.05) is 33.8 Å². The summed E-state index contributed by atoms with van der Waals surface area (Å²) in [5.41, 5.74) is 1.13. The van der Waals surface area contributed by atoms with E-state index in [4.69, 9.17) is 4.74 Å². The van der Waals surface area contributed by atoms with Gasteiger partial charge in [-0.2, -0.15) is 0 Å². The highest BCUT2D eigenvalue weighted by molar-refractivity contribution is 5.85. The van der Waals surface area contributed by atoms with E-state index in [2.05, 4.69) is 5.32 Å². The number of hydrogen-bond acceptors (Lipinski definition) is 3. The third-order valence-electron chi connectivity index (χ3n) is 3.30. The van der Waals surface area contributed by atoms with Crippen LogP contribution in [0.2, 0.25) is 0 Å². The molecule has 1 aromatic rings. The van der Waals surface area contributed by atoms with Gasteiger partial charge in [0.1, 0.15) is 12.4 Å². The number of fused-ring (bicyclic) bond motifs is 1. The van der Waals surface area contributed by atoms with E-state index in [1.54, 1.807) is 4.90 Å². The van der Waals surface area contributed by atoms with Crippen LogP contribution in [0.15, 0.2) is 24.3 Å². The van der Waals surface area contributed by atoms with Crippen molar-refractivity contribution in [3.8, 4) is 5.75 Å². The summed E-state index contributed by atoms with van der Waals surface area (Å²) in [6, 6.07) is 7.93. The molecule has 0 bridgehead atoms. The predicted molar refractivity (Wildman–Crippen MR) is 77.9 cm³/mol. The largest absolute Gasteiger partial charge is 0.492 e. The minimum atomic E-state index is -0.0539. The van der Waals surface area contributed by atoms with Gasteiger partial charge in [-0.3, -0.25) is 4.79 Å². The summed E-state index contributed by atoms with van der Waals surface area (Å²) in [6.07, 6.45) is 0.777. The molecule has 1 aliphatic heterocycles. The van der Waals surface area contributed by atoms with Gasteiger partial charge >= 0.3 is 0 Å². The van der Waals surface area contributed by atoms with Gasteiger partial charge in [-0.05, 0) is 25.1 Å². The summed E-state index contributed by atoms with van der Waals surface area (Å²) in [5, 5.41) is 3.05. The van der Waals surface area contributed by atoms with E-state index >= 15 is 0 Å². The van der Waals surface area contributed by atoms with Crippen molar-refractivity contribution in [1.29, 1.82) is 0 Å². The lowest BCUT2D eigenvalue weighted by molar-refractivity contribution is -0.135. The average Bonchev–Trinajstić information content (AvgIpc) is 2.43. The van der Waals surface area contributed by atoms with E-state index in [-0.39, 0.29) is 24.2 Å². The van der Waals surface area contributed by atoms with Crippen LogP contribution in [-0.4, -0.2) is 44.6 Å². The fourth-order valence-electron chi connectivity index (χ4n) is 2.19. The molecule has 0 aromatic heterocycles. The Morgan fingerprint density at radius 2 is 2.21 bits per heavy atom. The topological polar surface area (TPSA) is 41.6 Å². The summed E-state index contributed by atoms with van der Waals surface area (Å²) in [5.74, 6) is 1.03. The van der Waals surface area contributed by atoms with Gasteiger partial charge in [0.25, 0.3) is 0 Å². The molecule has 0 aliphatic carbocycles. The lowest BCUT2D eigenvalue weighted by atomic mass is 9.95. The van der Waals surface area contributed by atoms with Crippen molar-refractivity contribution in [2.24, 2.45) is 5.92 Å². The Bertz CT molecular complexity index is 426. The van der Waals surface area contributed by atoms with Crippen LogP contribution in [0.25, 0.3) is 0 Å². The maximum atomic E-state index is 12.2. The number of benzene rings is 1. The molecule has 4 nitrogen and oxygen atoms in total. The Labute approximate surface area is 120 Å². The molecule has 5 heteroatoms. The Morgan fingerprint density at radius 1 is 1.47 bits per heavy atom. The smallest absolute Gasteiger partial charge is 0.229 e. The zero-order valence-electron chi connectivity index (χ0n) is 11.4. The second-order valence-electron chi connectivity index (χ2n) is 4.68. The molecule has 1 unspecified atom stereocenters. The van der Waals surface area contributed by atoms with Gasteiger partial charge in [-0.25, -0.2) is 0 Å². The molecular formula is C14H21ClN2O2. The quantitative estimate of drug-likeness (QED) is 0.907. The number of nitrogens with zero attached hydrogens (tertiary/aromatic N) is 1. The van der Waals surface area contributed by atoms with Gasteiger partial charge in [-0.1, -0.05) is 18.2 Å². The Hall–Kier alpha value is -1.26. The van der Waals surface area contributed by atoms with Crippen LogP contribution in [0.4, 0.5) is 0 Å². The van der Waals surface area contributed by atoms with E-state index < -0.39 is 0 Å². The molecule has 0 saturated carbocycles. The van der Waals surface area contributed by atoms with Crippen molar-refractivity contribution in [3.63, 3.8) is 0 Å². The van der Waals surface area contributed by atoms with Gasteiger partial charge < -0.3 is 15.0 Å². The molecule has 1 atom stereocenters. The van der Waals surface area contributed by atoms with Crippen LogP contribution < -0.4 is 10.1 Å². The number of carbonyl (C=O) groups is 1. The summed E-state index contributed by atoms with van der Waals surface area (Å²) < 4.78 is 5.65. The zero-order chi connectivity index (χ0) is 13.0. The maximum Gasteiger partial charge on any atom is 0.229 e. The minimum absolute atomic E-state index is 0. The van der Waals surface area contributed by atoms with E-state index in [1.807, 2.05) is 38.4 Å². The second kappa shape index (κ2) is 7.36. The molecule has 1 amide bonds. The zero-order valence-corrected chi connectivity index (χ0v) is 12.2. The molecule has 106 valence electrons. The van der Waals surface area contributed by atoms with Crippen LogP contribution in [0.5, 0.6) is 5.75 Å². The van der Waals surface area contributed by atoms with E-state index in [9.17, 15) is 4.79 Å². The number of amides is 1. The van der Waals surface area contributed by atoms with Crippen molar-refractivity contribution < 1.29 is 9.53 Å². The monoisotopic (exact) mass is 284 g/mol. The van der Waals surface area contributed by atoms with Crippen molar-refractivity contribution in [3.05, 3.63) is 29.8 Å². The molecular weight excluding hydrogens is 264 g/mol. The van der Waals surface area contributed by atoms with Gasteiger partial charge in [-0.15, -0.1) is 12.4 Å². The molecule has 1 aliphatic rings. The minimum Gasteiger partial charge on any atom is -0.492 e. The molecule has 0 spiro atoms. The molecule has 19 heavy (non-hydrogen) atoms. The van der Waals surface area contributed by atoms with Crippen molar-refractivity contribution >= 4 is 18.3 Å². The summed E-state index contributed by atoms with van der Waals surface area (Å²) >= 11 is 0. The van der Waals surface area contributed by atoms with Gasteiger partial charge in [0.15, 0.2) is 0 Å². The van der Waals surface area contributed by atoms with Gasteiger partial charge in [0, 0.05) is 20.1 Å². The molecule has 1 N–H and O–H groups in total. The van der Waals surface area contributed by atoms with Crippen LogP contribution in [0.1, 0.15) is 5.56 Å². The number of para-hydroxylation sites is 1. The first-order valence-corrected chi connectivity index (χ1v) is 6.32. The Balaban J connectivity index is 0.00000180. The number of halogens is 1. The Kier molecular flexibility index (Phi) is 6.12. The highest BCUT2D eigenvalue weighted by Crippen LogP contribution is 2.27. The first-order chi connectivity index (χ1) is 8.72. The molecule has 1 aromatic carbocycles. The molecule has 1 heterocycles. The predicted octanol–water partition coefficient (Wildman–Crippen LogP) is 1.34. The van der Waals surface area contributed by atoms with Crippen molar-refractivity contribution in [2.45, 2.75) is 6.42 Å². The van der Waals surface area contributed by atoms with E-state index in [0.717, 1.165) is 30.8 Å². The number of ether oxygens (including phenoxy) is 1. The third kappa shape index (κ3) is 3.85. The van der Waals surface area contributed by atoms with Crippen LogP contribution in [-0.2, 0) is 11.2 Å². The van der Waals surface area contributed by atoms with Crippen LogP contribution in [0.3, 0.4) is 0 Å². The summed E-state index contributed by atoms with van der Waals surface area (Å²) in [7, 11) is 3.73. The fourth-order valence-corrected chi connectivity index (χ4v) is 2.19.